The Hall–Kier alpha value is -2.93. The van der Waals surface area contributed by atoms with Gasteiger partial charge < -0.3 is 10.1 Å². The van der Waals surface area contributed by atoms with Crippen LogP contribution in [0.4, 0.5) is 11.5 Å². The summed E-state index contributed by atoms with van der Waals surface area (Å²) in [6.45, 7) is 2.66. The van der Waals surface area contributed by atoms with E-state index in [1.54, 1.807) is 17.7 Å². The van der Waals surface area contributed by atoms with Crippen molar-refractivity contribution in [2.24, 2.45) is 0 Å². The number of aromatic nitrogens is 2. The number of aryl methyl sites for hydroxylation is 1. The summed E-state index contributed by atoms with van der Waals surface area (Å²) in [6.07, 6.45) is 2.56. The van der Waals surface area contributed by atoms with Crippen LogP contribution in [0.15, 0.2) is 83.6 Å². The number of benzene rings is 3. The number of hydrogen-bond acceptors (Lipinski definition) is 5. The summed E-state index contributed by atoms with van der Waals surface area (Å²) < 4.78 is 6.97. The summed E-state index contributed by atoms with van der Waals surface area (Å²) in [5, 5.41) is 5.26. The number of nitrogens with one attached hydrogen (secondary N) is 1. The molecule has 0 spiro atoms. The van der Waals surface area contributed by atoms with Gasteiger partial charge in [0.25, 0.3) is 0 Å². The fraction of sp³-hybridized carbons (Fsp3) is 0.111. The first-order valence-corrected chi connectivity index (χ1v) is 12.9. The second-order valence-electron chi connectivity index (χ2n) is 7.73. The number of anilines is 2. The highest BCUT2D eigenvalue weighted by atomic mass is 79.9. The third kappa shape index (κ3) is 4.94. The zero-order valence-electron chi connectivity index (χ0n) is 18.4. The third-order valence-electron chi connectivity index (χ3n) is 5.45. The molecular weight excluding hydrogens is 530 g/mol. The predicted molar refractivity (Wildman–Crippen MR) is 145 cm³/mol. The number of thiophene rings is 1. The van der Waals surface area contributed by atoms with Gasteiger partial charge in [-0.3, -0.25) is 0 Å². The molecule has 2 aromatic heterocycles. The fourth-order valence-corrected chi connectivity index (χ4v) is 5.25. The lowest BCUT2D eigenvalue weighted by molar-refractivity contribution is 0.306. The molecule has 0 aliphatic carbocycles. The summed E-state index contributed by atoms with van der Waals surface area (Å²) in [5.74, 6) is 1.60. The van der Waals surface area contributed by atoms with Crippen LogP contribution in [0.5, 0.6) is 5.75 Å². The van der Waals surface area contributed by atoms with Crippen molar-refractivity contribution in [3.05, 3.63) is 99.1 Å². The zero-order valence-corrected chi connectivity index (χ0v) is 21.5. The van der Waals surface area contributed by atoms with Crippen LogP contribution in [0.25, 0.3) is 21.3 Å². The van der Waals surface area contributed by atoms with E-state index in [-0.39, 0.29) is 0 Å². The van der Waals surface area contributed by atoms with Crippen LogP contribution in [-0.4, -0.2) is 9.97 Å². The van der Waals surface area contributed by atoms with Gasteiger partial charge in [-0.1, -0.05) is 58.7 Å². The summed E-state index contributed by atoms with van der Waals surface area (Å²) in [7, 11) is 0. The van der Waals surface area contributed by atoms with E-state index in [1.807, 2.05) is 48.5 Å². The van der Waals surface area contributed by atoms with Crippen molar-refractivity contribution >= 4 is 60.6 Å². The first-order chi connectivity index (χ1) is 16.6. The Morgan fingerprint density at radius 2 is 1.68 bits per heavy atom. The highest BCUT2D eigenvalue weighted by molar-refractivity contribution is 9.10. The van der Waals surface area contributed by atoms with Crippen LogP contribution >= 0.6 is 38.9 Å². The second-order valence-corrected chi connectivity index (χ2v) is 10.2. The lowest BCUT2D eigenvalue weighted by Gasteiger charge is -2.11. The van der Waals surface area contributed by atoms with Crippen LogP contribution in [0.3, 0.4) is 0 Å². The van der Waals surface area contributed by atoms with Gasteiger partial charge in [0.15, 0.2) is 0 Å². The molecule has 0 radical (unpaired) electrons. The number of fused-ring (bicyclic) bond motifs is 1. The summed E-state index contributed by atoms with van der Waals surface area (Å²) in [5.41, 5.74) is 4.36. The molecule has 0 fully saturated rings. The molecular formula is C27H21BrClN3OS. The van der Waals surface area contributed by atoms with Crippen LogP contribution in [-0.2, 0) is 13.0 Å². The Bertz CT molecular complexity index is 1420. The molecule has 170 valence electrons. The van der Waals surface area contributed by atoms with Gasteiger partial charge in [-0.05, 0) is 66.1 Å². The van der Waals surface area contributed by atoms with Crippen molar-refractivity contribution < 1.29 is 4.74 Å². The van der Waals surface area contributed by atoms with Crippen LogP contribution in [0.1, 0.15) is 17.4 Å². The summed E-state index contributed by atoms with van der Waals surface area (Å²) >= 11 is 11.2. The van der Waals surface area contributed by atoms with Crippen LogP contribution in [0.2, 0.25) is 5.02 Å². The van der Waals surface area contributed by atoms with Gasteiger partial charge in [0.1, 0.15) is 29.3 Å². The standard InChI is InChI=1S/C27H21BrClN3OS/c1-2-23-24(18-5-7-19(28)8-6-18)25-26(30-16-31-27(25)34-23)32-21-11-13-22(14-12-21)33-15-17-3-9-20(29)10-4-17/h3-14,16H,2,15H2,1H3,(H,30,31,32). The topological polar surface area (TPSA) is 47.0 Å². The van der Waals surface area contributed by atoms with E-state index < -0.39 is 0 Å². The summed E-state index contributed by atoms with van der Waals surface area (Å²) in [4.78, 5) is 11.4. The molecule has 1 N–H and O–H groups in total. The van der Waals surface area contributed by atoms with Gasteiger partial charge in [0.05, 0.1) is 5.39 Å². The van der Waals surface area contributed by atoms with Crippen molar-refractivity contribution in [1.82, 2.24) is 9.97 Å². The van der Waals surface area contributed by atoms with Crippen molar-refractivity contribution in [2.75, 3.05) is 5.32 Å². The van der Waals surface area contributed by atoms with Gasteiger partial charge in [0.2, 0.25) is 0 Å². The number of ether oxygens (including phenoxy) is 1. The highest BCUT2D eigenvalue weighted by Gasteiger charge is 2.18. The summed E-state index contributed by atoms with van der Waals surface area (Å²) in [6, 6.07) is 24.0. The molecule has 4 nitrogen and oxygen atoms in total. The lowest BCUT2D eigenvalue weighted by Crippen LogP contribution is -1.97. The van der Waals surface area contributed by atoms with Gasteiger partial charge in [0, 0.05) is 25.6 Å². The minimum atomic E-state index is 0.488. The smallest absolute Gasteiger partial charge is 0.143 e. The molecule has 34 heavy (non-hydrogen) atoms. The molecule has 0 aliphatic rings. The largest absolute Gasteiger partial charge is 0.489 e. The molecule has 0 bridgehead atoms. The van der Waals surface area contributed by atoms with Crippen molar-refractivity contribution in [2.45, 2.75) is 20.0 Å². The van der Waals surface area contributed by atoms with Crippen molar-refractivity contribution in [1.29, 1.82) is 0 Å². The van der Waals surface area contributed by atoms with E-state index in [1.165, 1.54) is 10.4 Å². The molecule has 0 saturated carbocycles. The molecule has 3 aromatic carbocycles. The Balaban J connectivity index is 1.41. The molecule has 0 aliphatic heterocycles. The minimum Gasteiger partial charge on any atom is -0.489 e. The van der Waals surface area contributed by atoms with E-state index in [9.17, 15) is 0 Å². The van der Waals surface area contributed by atoms with Gasteiger partial charge in [-0.2, -0.15) is 0 Å². The van der Waals surface area contributed by atoms with Gasteiger partial charge >= 0.3 is 0 Å². The van der Waals surface area contributed by atoms with E-state index in [2.05, 4.69) is 62.4 Å². The average Bonchev–Trinajstić information content (AvgIpc) is 3.25. The van der Waals surface area contributed by atoms with Crippen LogP contribution < -0.4 is 10.1 Å². The van der Waals surface area contributed by atoms with E-state index >= 15 is 0 Å². The first-order valence-electron chi connectivity index (χ1n) is 10.9. The van der Waals surface area contributed by atoms with Crippen molar-refractivity contribution in [3.8, 4) is 16.9 Å². The molecule has 2 heterocycles. The highest BCUT2D eigenvalue weighted by Crippen LogP contribution is 2.42. The molecule has 0 atom stereocenters. The van der Waals surface area contributed by atoms with E-state index in [0.29, 0.717) is 6.61 Å². The maximum absolute atomic E-state index is 5.95. The lowest BCUT2D eigenvalue weighted by atomic mass is 10.0. The number of rotatable bonds is 7. The average molecular weight is 551 g/mol. The normalized spacial score (nSPS) is 11.0. The fourth-order valence-electron chi connectivity index (χ4n) is 3.76. The molecule has 0 unspecified atom stereocenters. The monoisotopic (exact) mass is 549 g/mol. The third-order valence-corrected chi connectivity index (χ3v) is 7.47. The Morgan fingerprint density at radius 1 is 0.941 bits per heavy atom. The number of halogens is 2. The maximum Gasteiger partial charge on any atom is 0.143 e. The van der Waals surface area contributed by atoms with E-state index in [0.717, 1.165) is 54.5 Å². The minimum absolute atomic E-state index is 0.488. The SMILES string of the molecule is CCc1sc2ncnc(Nc3ccc(OCc4ccc(Cl)cc4)cc3)c2c1-c1ccc(Br)cc1. The van der Waals surface area contributed by atoms with Gasteiger partial charge in [-0.25, -0.2) is 9.97 Å². The Labute approximate surface area is 215 Å². The zero-order chi connectivity index (χ0) is 23.5. The van der Waals surface area contributed by atoms with Crippen LogP contribution in [0, 0.1) is 0 Å². The quantitative estimate of drug-likeness (QED) is 0.220. The predicted octanol–water partition coefficient (Wildman–Crippen LogP) is 8.66. The number of nitrogens with zero attached hydrogens (tertiary/aromatic N) is 2. The molecule has 0 saturated heterocycles. The molecule has 5 rings (SSSR count). The van der Waals surface area contributed by atoms with Crippen molar-refractivity contribution in [3.63, 3.8) is 0 Å². The van der Waals surface area contributed by atoms with Gasteiger partial charge in [-0.15, -0.1) is 11.3 Å². The Kier molecular flexibility index (Phi) is 6.81. The van der Waals surface area contributed by atoms with E-state index in [4.69, 9.17) is 16.3 Å². The first kappa shape index (κ1) is 22.8. The molecule has 0 amide bonds. The second kappa shape index (κ2) is 10.1. The molecule has 7 heteroatoms. The molecule has 5 aromatic rings. The number of hydrogen-bond donors (Lipinski definition) is 1. The maximum atomic E-state index is 5.95. The Morgan fingerprint density at radius 3 is 2.38 bits per heavy atom.